The molecular formula is C12H18N4O4. The van der Waals surface area contributed by atoms with Crippen LogP contribution in [0, 0.1) is 0 Å². The van der Waals surface area contributed by atoms with E-state index in [-0.39, 0.29) is 11.5 Å². The van der Waals surface area contributed by atoms with E-state index in [9.17, 15) is 19.5 Å². The van der Waals surface area contributed by atoms with Gasteiger partial charge in [0.15, 0.2) is 0 Å². The highest BCUT2D eigenvalue weighted by Crippen LogP contribution is 2.05. The van der Waals surface area contributed by atoms with Gasteiger partial charge in [0, 0.05) is 20.5 Å². The minimum absolute atomic E-state index is 0.162. The lowest BCUT2D eigenvalue weighted by molar-refractivity contribution is -0.121. The van der Waals surface area contributed by atoms with E-state index >= 15 is 0 Å². The number of hydrogen-bond donors (Lipinski definition) is 2. The van der Waals surface area contributed by atoms with Crippen LogP contribution in [0.1, 0.15) is 31.7 Å². The maximum Gasteiger partial charge on any atom is 0.333 e. The average molecular weight is 282 g/mol. The van der Waals surface area contributed by atoms with Gasteiger partial charge < -0.3 is 5.11 Å². The highest BCUT2D eigenvalue weighted by Gasteiger charge is 2.12. The number of carbonyl (C=O) groups is 1. The van der Waals surface area contributed by atoms with E-state index in [1.165, 1.54) is 14.1 Å². The number of unbranched alkanes of at least 4 members (excludes halogenated alkanes) is 1. The van der Waals surface area contributed by atoms with Crippen LogP contribution in [0.2, 0.25) is 0 Å². The van der Waals surface area contributed by atoms with E-state index in [4.69, 9.17) is 0 Å². The summed E-state index contributed by atoms with van der Waals surface area (Å²) >= 11 is 0. The van der Waals surface area contributed by atoms with E-state index < -0.39 is 17.1 Å². The molecule has 2 N–H and O–H groups in total. The molecule has 0 unspecified atom stereocenters. The summed E-state index contributed by atoms with van der Waals surface area (Å²) < 4.78 is 1.77. The topological polar surface area (TPSA) is 106 Å². The van der Waals surface area contributed by atoms with Crippen LogP contribution < -0.4 is 16.7 Å². The minimum atomic E-state index is -0.683. The third kappa shape index (κ3) is 3.34. The van der Waals surface area contributed by atoms with Crippen molar-refractivity contribution in [2.45, 2.75) is 26.2 Å². The van der Waals surface area contributed by atoms with E-state index in [0.717, 1.165) is 28.2 Å². The van der Waals surface area contributed by atoms with Gasteiger partial charge in [0.25, 0.3) is 5.56 Å². The molecular weight excluding hydrogens is 264 g/mol. The van der Waals surface area contributed by atoms with E-state index in [0.29, 0.717) is 6.42 Å². The van der Waals surface area contributed by atoms with Gasteiger partial charge in [0.05, 0.1) is 6.21 Å². The maximum absolute atomic E-state index is 11.8. The highest BCUT2D eigenvalue weighted by atomic mass is 16.3. The normalized spacial score (nSPS) is 10.9. The molecule has 110 valence electrons. The molecule has 0 saturated heterocycles. The van der Waals surface area contributed by atoms with Crippen molar-refractivity contribution in [2.75, 3.05) is 0 Å². The monoisotopic (exact) mass is 282 g/mol. The summed E-state index contributed by atoms with van der Waals surface area (Å²) in [6, 6.07) is 0. The Kier molecular flexibility index (Phi) is 5.24. The summed E-state index contributed by atoms with van der Waals surface area (Å²) in [5.74, 6) is -0.770. The van der Waals surface area contributed by atoms with Crippen LogP contribution in [-0.2, 0) is 18.9 Å². The number of carbonyl (C=O) groups excluding carboxylic acids is 1. The number of amides is 1. The van der Waals surface area contributed by atoms with Crippen LogP contribution in [-0.4, -0.2) is 26.4 Å². The van der Waals surface area contributed by atoms with Gasteiger partial charge in [-0.2, -0.15) is 5.10 Å². The molecule has 0 fully saturated rings. The molecule has 8 nitrogen and oxygen atoms in total. The van der Waals surface area contributed by atoms with Gasteiger partial charge in [-0.25, -0.2) is 10.2 Å². The molecule has 0 aliphatic carbocycles. The first-order chi connectivity index (χ1) is 9.40. The molecule has 0 aromatic carbocycles. The van der Waals surface area contributed by atoms with Gasteiger partial charge >= 0.3 is 5.69 Å². The molecule has 0 bridgehead atoms. The van der Waals surface area contributed by atoms with Gasteiger partial charge in [-0.05, 0) is 6.42 Å². The molecule has 0 spiro atoms. The first-order valence-electron chi connectivity index (χ1n) is 6.21. The Balaban J connectivity index is 2.97. The maximum atomic E-state index is 11.8. The molecule has 1 aromatic heterocycles. The molecule has 1 aromatic rings. The zero-order chi connectivity index (χ0) is 15.3. The predicted molar refractivity (Wildman–Crippen MR) is 73.9 cm³/mol. The van der Waals surface area contributed by atoms with Gasteiger partial charge in [0.2, 0.25) is 11.8 Å². The van der Waals surface area contributed by atoms with Crippen molar-refractivity contribution in [1.82, 2.24) is 14.6 Å². The molecule has 0 aliphatic heterocycles. The van der Waals surface area contributed by atoms with E-state index in [1.54, 1.807) is 0 Å². The number of nitrogens with zero attached hydrogens (tertiary/aromatic N) is 3. The molecule has 0 atom stereocenters. The number of nitrogens with one attached hydrogen (secondary N) is 1. The number of rotatable bonds is 5. The Morgan fingerprint density at radius 3 is 2.60 bits per heavy atom. The summed E-state index contributed by atoms with van der Waals surface area (Å²) in [5.41, 5.74) is 0.771. The van der Waals surface area contributed by atoms with Gasteiger partial charge in [-0.3, -0.25) is 18.7 Å². The summed E-state index contributed by atoms with van der Waals surface area (Å²) in [4.78, 5) is 34.6. The van der Waals surface area contributed by atoms with Crippen LogP contribution in [0.15, 0.2) is 14.7 Å². The fourth-order valence-corrected chi connectivity index (χ4v) is 1.53. The smallest absolute Gasteiger partial charge is 0.333 e. The first kappa shape index (κ1) is 15.7. The molecule has 1 rings (SSSR count). The summed E-state index contributed by atoms with van der Waals surface area (Å²) in [5, 5.41) is 13.4. The quantitative estimate of drug-likeness (QED) is 0.557. The van der Waals surface area contributed by atoms with Crippen LogP contribution in [0.4, 0.5) is 0 Å². The Morgan fingerprint density at radius 1 is 1.35 bits per heavy atom. The predicted octanol–water partition coefficient (Wildman–Crippen LogP) is -0.570. The second-order valence-corrected chi connectivity index (χ2v) is 4.34. The average Bonchev–Trinajstić information content (AvgIpc) is 2.44. The molecule has 8 heteroatoms. The van der Waals surface area contributed by atoms with Gasteiger partial charge in [-0.15, -0.1) is 0 Å². The fourth-order valence-electron chi connectivity index (χ4n) is 1.53. The number of aromatic nitrogens is 2. The van der Waals surface area contributed by atoms with Crippen molar-refractivity contribution in [3.05, 3.63) is 26.4 Å². The van der Waals surface area contributed by atoms with Crippen molar-refractivity contribution in [3.8, 4) is 5.88 Å². The van der Waals surface area contributed by atoms with Gasteiger partial charge in [-0.1, -0.05) is 13.3 Å². The highest BCUT2D eigenvalue weighted by molar-refractivity contribution is 5.84. The third-order valence-electron chi connectivity index (χ3n) is 2.81. The van der Waals surface area contributed by atoms with Gasteiger partial charge in [0.1, 0.15) is 5.56 Å². The van der Waals surface area contributed by atoms with Crippen LogP contribution >= 0.6 is 0 Å². The summed E-state index contributed by atoms with van der Waals surface area (Å²) in [6.45, 7) is 1.96. The lowest BCUT2D eigenvalue weighted by atomic mass is 10.2. The number of hydrogen-bond acceptors (Lipinski definition) is 5. The zero-order valence-corrected chi connectivity index (χ0v) is 11.7. The van der Waals surface area contributed by atoms with Crippen molar-refractivity contribution in [3.63, 3.8) is 0 Å². The van der Waals surface area contributed by atoms with Crippen molar-refractivity contribution in [2.24, 2.45) is 19.2 Å². The van der Waals surface area contributed by atoms with Crippen LogP contribution in [0.3, 0.4) is 0 Å². The lowest BCUT2D eigenvalue weighted by Gasteiger charge is -2.06. The molecule has 1 amide bonds. The van der Waals surface area contributed by atoms with Crippen molar-refractivity contribution >= 4 is 12.1 Å². The zero-order valence-electron chi connectivity index (χ0n) is 11.7. The molecule has 0 saturated carbocycles. The summed E-state index contributed by atoms with van der Waals surface area (Å²) in [7, 11) is 2.62. The second kappa shape index (κ2) is 6.69. The Labute approximate surface area is 115 Å². The molecule has 1 heterocycles. The Bertz CT molecular complexity index is 642. The Morgan fingerprint density at radius 2 is 2.00 bits per heavy atom. The van der Waals surface area contributed by atoms with Crippen LogP contribution in [0.25, 0.3) is 0 Å². The van der Waals surface area contributed by atoms with E-state index in [2.05, 4.69) is 10.5 Å². The number of aromatic hydroxyl groups is 1. The first-order valence-corrected chi connectivity index (χ1v) is 6.21. The Hall–Kier alpha value is -2.38. The summed E-state index contributed by atoms with van der Waals surface area (Å²) in [6.07, 6.45) is 3.00. The lowest BCUT2D eigenvalue weighted by Crippen LogP contribution is -2.38. The SMILES string of the molecule is CCCCC(=O)NN=Cc1c(O)n(C)c(=O)n(C)c1=O. The minimum Gasteiger partial charge on any atom is -0.494 e. The molecule has 0 radical (unpaired) electrons. The number of hydrazone groups is 1. The molecule has 0 aliphatic rings. The fraction of sp³-hybridized carbons (Fsp3) is 0.500. The third-order valence-corrected chi connectivity index (χ3v) is 2.81. The standard InChI is InChI=1S/C12H18N4O4/c1-4-5-6-9(17)14-13-7-8-10(18)15(2)12(20)16(3)11(8)19/h7,18H,4-6H2,1-3H3,(H,14,17). The van der Waals surface area contributed by atoms with Crippen molar-refractivity contribution < 1.29 is 9.90 Å². The van der Waals surface area contributed by atoms with Crippen molar-refractivity contribution in [1.29, 1.82) is 0 Å². The van der Waals surface area contributed by atoms with Crippen LogP contribution in [0.5, 0.6) is 5.88 Å². The second-order valence-electron chi connectivity index (χ2n) is 4.34. The van der Waals surface area contributed by atoms with E-state index in [1.807, 2.05) is 6.92 Å². The molecule has 20 heavy (non-hydrogen) atoms. The largest absolute Gasteiger partial charge is 0.494 e.